The van der Waals surface area contributed by atoms with E-state index in [1.807, 2.05) is 24.3 Å². The Bertz CT molecular complexity index is 650. The lowest BCUT2D eigenvalue weighted by atomic mass is 10.1. The maximum absolute atomic E-state index is 11.5. The Balaban J connectivity index is 2.25. The first kappa shape index (κ1) is 12.1. The number of benzene rings is 1. The first-order valence-electron chi connectivity index (χ1n) is 5.59. The van der Waals surface area contributed by atoms with Gasteiger partial charge < -0.3 is 5.73 Å². The standard InChI is InChI=1S/C14H13N3O/c15-8-2-6-12-4-1-5-13(10-12)11-17-14(18)7-3-9-16-17/h1,3-5,7,9-10H,8,11,15H2. The van der Waals surface area contributed by atoms with E-state index in [0.717, 1.165) is 11.1 Å². The molecule has 0 aliphatic rings. The van der Waals surface area contributed by atoms with Crippen LogP contribution in [0.4, 0.5) is 0 Å². The molecule has 0 aliphatic heterocycles. The number of nitrogens with two attached hydrogens (primary N) is 1. The van der Waals surface area contributed by atoms with Crippen molar-refractivity contribution in [3.8, 4) is 11.8 Å². The fraction of sp³-hybridized carbons (Fsp3) is 0.143. The quantitative estimate of drug-likeness (QED) is 0.781. The van der Waals surface area contributed by atoms with E-state index in [9.17, 15) is 4.79 Å². The summed E-state index contributed by atoms with van der Waals surface area (Å²) < 4.78 is 1.41. The van der Waals surface area contributed by atoms with Gasteiger partial charge >= 0.3 is 0 Å². The van der Waals surface area contributed by atoms with E-state index >= 15 is 0 Å². The lowest BCUT2D eigenvalue weighted by Gasteiger charge is -2.04. The van der Waals surface area contributed by atoms with Gasteiger partial charge in [-0.05, 0) is 23.8 Å². The topological polar surface area (TPSA) is 60.9 Å². The van der Waals surface area contributed by atoms with Crippen LogP contribution in [0.1, 0.15) is 11.1 Å². The normalized spacial score (nSPS) is 9.61. The average molecular weight is 239 g/mol. The van der Waals surface area contributed by atoms with Crippen LogP contribution in [0.5, 0.6) is 0 Å². The summed E-state index contributed by atoms with van der Waals surface area (Å²) in [6.45, 7) is 0.780. The van der Waals surface area contributed by atoms with E-state index in [1.54, 1.807) is 12.3 Å². The van der Waals surface area contributed by atoms with Crippen LogP contribution in [0.2, 0.25) is 0 Å². The lowest BCUT2D eigenvalue weighted by molar-refractivity contribution is 0.639. The molecule has 2 N–H and O–H groups in total. The van der Waals surface area contributed by atoms with Gasteiger partial charge in [-0.3, -0.25) is 4.79 Å². The summed E-state index contributed by atoms with van der Waals surface area (Å²) in [6.07, 6.45) is 1.60. The molecule has 0 saturated carbocycles. The summed E-state index contributed by atoms with van der Waals surface area (Å²) >= 11 is 0. The summed E-state index contributed by atoms with van der Waals surface area (Å²) in [5.41, 5.74) is 7.09. The molecule has 0 atom stereocenters. The van der Waals surface area contributed by atoms with Crippen molar-refractivity contribution >= 4 is 0 Å². The number of hydrogen-bond acceptors (Lipinski definition) is 3. The highest BCUT2D eigenvalue weighted by atomic mass is 16.1. The molecular formula is C14H13N3O. The second-order valence-electron chi connectivity index (χ2n) is 3.73. The minimum absolute atomic E-state index is 0.115. The van der Waals surface area contributed by atoms with Crippen molar-refractivity contribution in [1.82, 2.24) is 9.78 Å². The summed E-state index contributed by atoms with van der Waals surface area (Å²) in [6, 6.07) is 10.8. The largest absolute Gasteiger partial charge is 0.320 e. The minimum atomic E-state index is -0.115. The van der Waals surface area contributed by atoms with Gasteiger partial charge in [0.05, 0.1) is 13.1 Å². The van der Waals surface area contributed by atoms with E-state index < -0.39 is 0 Å². The summed E-state index contributed by atoms with van der Waals surface area (Å²) in [5, 5.41) is 4.01. The molecule has 0 spiro atoms. The van der Waals surface area contributed by atoms with Crippen molar-refractivity contribution in [1.29, 1.82) is 0 Å². The van der Waals surface area contributed by atoms with Gasteiger partial charge in [0.2, 0.25) is 0 Å². The molecule has 1 heterocycles. The van der Waals surface area contributed by atoms with Gasteiger partial charge in [0.1, 0.15) is 0 Å². The molecule has 2 aromatic rings. The van der Waals surface area contributed by atoms with Crippen molar-refractivity contribution in [2.75, 3.05) is 6.54 Å². The zero-order valence-corrected chi connectivity index (χ0v) is 9.84. The highest BCUT2D eigenvalue weighted by Gasteiger charge is 1.98. The zero-order valence-electron chi connectivity index (χ0n) is 9.84. The molecule has 0 radical (unpaired) electrons. The Kier molecular flexibility index (Phi) is 3.90. The van der Waals surface area contributed by atoms with Crippen molar-refractivity contribution in [3.63, 3.8) is 0 Å². The number of rotatable bonds is 2. The predicted molar refractivity (Wildman–Crippen MR) is 70.0 cm³/mol. The molecule has 18 heavy (non-hydrogen) atoms. The Labute approximate surface area is 105 Å². The van der Waals surface area contributed by atoms with Crippen LogP contribution in [0, 0.1) is 11.8 Å². The molecule has 90 valence electrons. The third-order valence-electron chi connectivity index (χ3n) is 2.38. The second kappa shape index (κ2) is 5.80. The monoisotopic (exact) mass is 239 g/mol. The number of hydrogen-bond donors (Lipinski definition) is 1. The van der Waals surface area contributed by atoms with Crippen LogP contribution in [0.15, 0.2) is 47.4 Å². The Morgan fingerprint density at radius 1 is 1.28 bits per heavy atom. The van der Waals surface area contributed by atoms with Crippen molar-refractivity contribution in [2.45, 2.75) is 6.54 Å². The molecule has 1 aromatic heterocycles. The molecular weight excluding hydrogens is 226 g/mol. The smallest absolute Gasteiger partial charge is 0.267 e. The van der Waals surface area contributed by atoms with Gasteiger partial charge in [0.15, 0.2) is 0 Å². The van der Waals surface area contributed by atoms with Crippen LogP contribution in [0.25, 0.3) is 0 Å². The maximum atomic E-state index is 11.5. The molecule has 0 amide bonds. The van der Waals surface area contributed by atoms with Gasteiger partial charge in [0, 0.05) is 17.8 Å². The van der Waals surface area contributed by atoms with E-state index in [1.165, 1.54) is 10.7 Å². The van der Waals surface area contributed by atoms with Crippen LogP contribution in [-0.4, -0.2) is 16.3 Å². The zero-order chi connectivity index (χ0) is 12.8. The second-order valence-corrected chi connectivity index (χ2v) is 3.73. The van der Waals surface area contributed by atoms with Gasteiger partial charge in [-0.2, -0.15) is 5.10 Å². The molecule has 1 aromatic carbocycles. The summed E-state index contributed by atoms with van der Waals surface area (Å²) in [5.74, 6) is 5.76. The van der Waals surface area contributed by atoms with Gasteiger partial charge in [0.25, 0.3) is 5.56 Å². The lowest BCUT2D eigenvalue weighted by Crippen LogP contribution is -2.21. The fourth-order valence-electron chi connectivity index (χ4n) is 1.58. The summed E-state index contributed by atoms with van der Waals surface area (Å²) in [4.78, 5) is 11.5. The Hall–Kier alpha value is -2.38. The predicted octanol–water partition coefficient (Wildman–Crippen LogP) is 0.602. The third-order valence-corrected chi connectivity index (χ3v) is 2.38. The minimum Gasteiger partial charge on any atom is -0.320 e. The van der Waals surface area contributed by atoms with Gasteiger partial charge in [-0.15, -0.1) is 0 Å². The van der Waals surface area contributed by atoms with Crippen molar-refractivity contribution in [2.24, 2.45) is 5.73 Å². The third kappa shape index (κ3) is 3.06. The van der Waals surface area contributed by atoms with Crippen molar-refractivity contribution < 1.29 is 0 Å². The molecule has 0 bridgehead atoms. The molecule has 2 rings (SSSR count). The van der Waals surface area contributed by atoms with E-state index in [-0.39, 0.29) is 5.56 Å². The van der Waals surface area contributed by atoms with Crippen LogP contribution >= 0.6 is 0 Å². The summed E-state index contributed by atoms with van der Waals surface area (Å²) in [7, 11) is 0. The number of aromatic nitrogens is 2. The van der Waals surface area contributed by atoms with E-state index in [4.69, 9.17) is 5.73 Å². The van der Waals surface area contributed by atoms with Crippen LogP contribution < -0.4 is 11.3 Å². The molecule has 4 heteroatoms. The molecule has 0 unspecified atom stereocenters. The van der Waals surface area contributed by atoms with Crippen molar-refractivity contribution in [3.05, 3.63) is 64.1 Å². The highest BCUT2D eigenvalue weighted by Crippen LogP contribution is 2.04. The SMILES string of the molecule is NCC#Cc1cccc(Cn2ncccc2=O)c1. The number of nitrogens with zero attached hydrogens (tertiary/aromatic N) is 2. The van der Waals surface area contributed by atoms with Crippen LogP contribution in [-0.2, 0) is 6.54 Å². The first-order chi connectivity index (χ1) is 8.79. The maximum Gasteiger partial charge on any atom is 0.267 e. The van der Waals surface area contributed by atoms with Gasteiger partial charge in [-0.1, -0.05) is 24.0 Å². The molecule has 4 nitrogen and oxygen atoms in total. The highest BCUT2D eigenvalue weighted by molar-refractivity contribution is 5.37. The van der Waals surface area contributed by atoms with E-state index in [2.05, 4.69) is 16.9 Å². The Morgan fingerprint density at radius 3 is 2.94 bits per heavy atom. The fourth-order valence-corrected chi connectivity index (χ4v) is 1.58. The molecule has 0 fully saturated rings. The van der Waals surface area contributed by atoms with E-state index in [0.29, 0.717) is 13.1 Å². The average Bonchev–Trinajstić information content (AvgIpc) is 2.40. The first-order valence-corrected chi connectivity index (χ1v) is 5.59. The van der Waals surface area contributed by atoms with Crippen LogP contribution in [0.3, 0.4) is 0 Å². The van der Waals surface area contributed by atoms with Gasteiger partial charge in [-0.25, -0.2) is 4.68 Å². The molecule has 0 saturated heterocycles. The Morgan fingerprint density at radius 2 is 2.17 bits per heavy atom. The molecule has 0 aliphatic carbocycles.